The summed E-state index contributed by atoms with van der Waals surface area (Å²) in [6.07, 6.45) is -0.984. The third-order valence-electron chi connectivity index (χ3n) is 8.77. The van der Waals surface area contributed by atoms with E-state index in [1.165, 1.54) is 21.5 Å². The summed E-state index contributed by atoms with van der Waals surface area (Å²) in [5.74, 6) is 0. The van der Waals surface area contributed by atoms with Crippen molar-refractivity contribution in [3.8, 4) is 0 Å². The summed E-state index contributed by atoms with van der Waals surface area (Å²) in [5.41, 5.74) is 4.51. The standard InChI is InChI=1S/C34H32Br4N4O2/c35-21-1-5-31-27(13-21)28-14-22(36)2-6-32(28)41(31)19-25(43)17-39-9-11-40(12-10-39)18-26(44)20-42-33-7-3-23(37)15-29(33)30-16-24(38)4-8-34(30)42/h1-8,13-16,25-26,43-44H,9-12,17-20H2/t25-,26-/m1/s1. The number of aliphatic hydroxyl groups is 2. The maximum absolute atomic E-state index is 11.2. The minimum Gasteiger partial charge on any atom is -0.390 e. The molecule has 6 nitrogen and oxygen atoms in total. The maximum Gasteiger partial charge on any atom is 0.0845 e. The Morgan fingerprint density at radius 3 is 1.00 bits per heavy atom. The number of nitrogens with zero attached hydrogens (tertiary/aromatic N) is 4. The van der Waals surface area contributed by atoms with Gasteiger partial charge in [0.1, 0.15) is 0 Å². The second-order valence-electron chi connectivity index (χ2n) is 11.8. The van der Waals surface area contributed by atoms with E-state index in [1.54, 1.807) is 0 Å². The van der Waals surface area contributed by atoms with Crippen LogP contribution in [0.3, 0.4) is 0 Å². The van der Waals surface area contributed by atoms with E-state index in [9.17, 15) is 10.2 Å². The van der Waals surface area contributed by atoms with E-state index in [0.717, 1.165) is 66.1 Å². The molecule has 44 heavy (non-hydrogen) atoms. The molecular formula is C34H32Br4N4O2. The van der Waals surface area contributed by atoms with Gasteiger partial charge in [-0.15, -0.1) is 0 Å². The smallest absolute Gasteiger partial charge is 0.0845 e. The zero-order chi connectivity index (χ0) is 30.5. The van der Waals surface area contributed by atoms with Gasteiger partial charge in [0.2, 0.25) is 0 Å². The van der Waals surface area contributed by atoms with Gasteiger partial charge in [0.15, 0.2) is 0 Å². The van der Waals surface area contributed by atoms with Crippen molar-refractivity contribution in [1.82, 2.24) is 18.9 Å². The monoisotopic (exact) mass is 844 g/mol. The number of fused-ring (bicyclic) bond motifs is 6. The fourth-order valence-corrected chi connectivity index (χ4v) is 8.22. The third-order valence-corrected chi connectivity index (χ3v) is 10.7. The van der Waals surface area contributed by atoms with Crippen LogP contribution in [-0.2, 0) is 13.1 Å². The largest absolute Gasteiger partial charge is 0.390 e. The highest BCUT2D eigenvalue weighted by atomic mass is 79.9. The number of β-amino-alcohol motifs (C(OH)–C–C–N with tert-alkyl or cyclic N) is 2. The van der Waals surface area contributed by atoms with Gasteiger partial charge in [0.05, 0.1) is 25.3 Å². The lowest BCUT2D eigenvalue weighted by Crippen LogP contribution is -2.50. The summed E-state index contributed by atoms with van der Waals surface area (Å²) in [6.45, 7) is 5.79. The molecule has 1 fully saturated rings. The molecule has 2 aromatic heterocycles. The Balaban J connectivity index is 0.983. The first-order chi connectivity index (χ1) is 21.2. The highest BCUT2D eigenvalue weighted by molar-refractivity contribution is 9.11. The molecule has 1 aliphatic rings. The van der Waals surface area contributed by atoms with E-state index in [2.05, 4.69) is 155 Å². The molecule has 0 radical (unpaired) electrons. The highest BCUT2D eigenvalue weighted by Crippen LogP contribution is 2.34. The predicted molar refractivity (Wildman–Crippen MR) is 195 cm³/mol. The van der Waals surface area contributed by atoms with Crippen molar-refractivity contribution in [2.75, 3.05) is 39.3 Å². The van der Waals surface area contributed by atoms with Crippen LogP contribution in [0, 0.1) is 0 Å². The van der Waals surface area contributed by atoms with Crippen molar-refractivity contribution in [2.45, 2.75) is 25.3 Å². The van der Waals surface area contributed by atoms with Crippen LogP contribution < -0.4 is 0 Å². The molecule has 2 atom stereocenters. The normalized spacial score (nSPS) is 16.5. The number of aliphatic hydroxyl groups excluding tert-OH is 2. The lowest BCUT2D eigenvalue weighted by molar-refractivity contribution is 0.0415. The lowest BCUT2D eigenvalue weighted by Gasteiger charge is -2.36. The lowest BCUT2D eigenvalue weighted by atomic mass is 10.2. The van der Waals surface area contributed by atoms with Crippen molar-refractivity contribution in [3.63, 3.8) is 0 Å². The molecule has 228 valence electrons. The summed E-state index contributed by atoms with van der Waals surface area (Å²) in [6, 6.07) is 25.4. The fraction of sp³-hybridized carbons (Fsp3) is 0.294. The summed E-state index contributed by atoms with van der Waals surface area (Å²) in [7, 11) is 0. The summed E-state index contributed by atoms with van der Waals surface area (Å²) in [4.78, 5) is 4.69. The van der Waals surface area contributed by atoms with Gasteiger partial charge < -0.3 is 19.3 Å². The molecule has 6 aromatic rings. The van der Waals surface area contributed by atoms with Gasteiger partial charge in [0, 0.05) is 101 Å². The van der Waals surface area contributed by atoms with Gasteiger partial charge in [-0.1, -0.05) is 63.7 Å². The van der Waals surface area contributed by atoms with E-state index in [0.29, 0.717) is 26.2 Å². The van der Waals surface area contributed by atoms with Crippen LogP contribution >= 0.6 is 63.7 Å². The Bertz CT molecular complexity index is 1730. The Kier molecular flexibility index (Phi) is 8.98. The van der Waals surface area contributed by atoms with Crippen molar-refractivity contribution in [2.24, 2.45) is 0 Å². The van der Waals surface area contributed by atoms with Crippen molar-refractivity contribution in [3.05, 3.63) is 90.7 Å². The van der Waals surface area contributed by atoms with E-state index in [1.807, 2.05) is 0 Å². The minimum atomic E-state index is -0.492. The number of piperazine rings is 1. The number of benzene rings is 4. The number of hydrogen-bond donors (Lipinski definition) is 2. The number of rotatable bonds is 8. The van der Waals surface area contributed by atoms with Crippen LogP contribution in [0.25, 0.3) is 43.6 Å². The molecule has 0 amide bonds. The Labute approximate surface area is 289 Å². The topological polar surface area (TPSA) is 56.8 Å². The molecule has 2 N–H and O–H groups in total. The van der Waals surface area contributed by atoms with Crippen LogP contribution in [0.1, 0.15) is 0 Å². The Morgan fingerprint density at radius 1 is 0.455 bits per heavy atom. The van der Waals surface area contributed by atoms with E-state index < -0.39 is 12.2 Å². The summed E-state index contributed by atoms with van der Waals surface area (Å²) < 4.78 is 8.67. The van der Waals surface area contributed by atoms with Gasteiger partial charge in [0.25, 0.3) is 0 Å². The SMILES string of the molecule is O[C@H](CN1CCN(C[C@@H](O)Cn2c3ccc(Br)cc3c3cc(Br)ccc32)CC1)Cn1c2ccc(Br)cc2c2cc(Br)ccc21. The van der Waals surface area contributed by atoms with Crippen molar-refractivity contribution >= 4 is 107 Å². The molecule has 0 saturated carbocycles. The second kappa shape index (κ2) is 12.8. The number of hydrogen-bond acceptors (Lipinski definition) is 4. The van der Waals surface area contributed by atoms with Crippen LogP contribution in [0.15, 0.2) is 90.7 Å². The minimum absolute atomic E-state index is 0.492. The van der Waals surface area contributed by atoms with Crippen LogP contribution in [0.5, 0.6) is 0 Å². The van der Waals surface area contributed by atoms with Gasteiger partial charge >= 0.3 is 0 Å². The molecule has 7 rings (SSSR count). The van der Waals surface area contributed by atoms with Crippen molar-refractivity contribution in [1.29, 1.82) is 0 Å². The molecule has 0 aliphatic carbocycles. The molecule has 0 unspecified atom stereocenters. The van der Waals surface area contributed by atoms with Crippen molar-refractivity contribution < 1.29 is 10.2 Å². The molecular weight excluding hydrogens is 816 g/mol. The Hall–Kier alpha value is -1.76. The molecule has 1 aliphatic heterocycles. The number of aromatic nitrogens is 2. The maximum atomic E-state index is 11.2. The van der Waals surface area contributed by atoms with E-state index in [4.69, 9.17) is 0 Å². The zero-order valence-corrected chi connectivity index (χ0v) is 30.3. The average Bonchev–Trinajstić information content (AvgIpc) is 3.44. The van der Waals surface area contributed by atoms with E-state index >= 15 is 0 Å². The van der Waals surface area contributed by atoms with Gasteiger partial charge in [-0.3, -0.25) is 9.80 Å². The molecule has 10 heteroatoms. The first-order valence-electron chi connectivity index (χ1n) is 14.8. The quantitative estimate of drug-likeness (QED) is 0.163. The molecule has 4 aromatic carbocycles. The van der Waals surface area contributed by atoms with Crippen LogP contribution in [-0.4, -0.2) is 80.6 Å². The van der Waals surface area contributed by atoms with Crippen LogP contribution in [0.2, 0.25) is 0 Å². The van der Waals surface area contributed by atoms with Gasteiger partial charge in [-0.25, -0.2) is 0 Å². The Morgan fingerprint density at radius 2 is 0.727 bits per heavy atom. The van der Waals surface area contributed by atoms with E-state index in [-0.39, 0.29) is 0 Å². The predicted octanol–water partition coefficient (Wildman–Crippen LogP) is 7.99. The first-order valence-corrected chi connectivity index (χ1v) is 18.0. The fourth-order valence-electron chi connectivity index (χ4n) is 6.78. The number of halogens is 4. The first kappa shape index (κ1) is 30.9. The molecule has 3 heterocycles. The molecule has 1 saturated heterocycles. The van der Waals surface area contributed by atoms with Gasteiger partial charge in [-0.2, -0.15) is 0 Å². The molecule has 0 bridgehead atoms. The highest BCUT2D eigenvalue weighted by Gasteiger charge is 2.23. The molecule has 0 spiro atoms. The summed E-state index contributed by atoms with van der Waals surface area (Å²) >= 11 is 14.5. The second-order valence-corrected chi connectivity index (χ2v) is 15.4. The summed E-state index contributed by atoms with van der Waals surface area (Å²) in [5, 5.41) is 27.2. The average molecular weight is 848 g/mol. The van der Waals surface area contributed by atoms with Gasteiger partial charge in [-0.05, 0) is 72.8 Å². The third kappa shape index (κ3) is 6.17. The zero-order valence-electron chi connectivity index (χ0n) is 23.9. The van der Waals surface area contributed by atoms with Crippen LogP contribution in [0.4, 0.5) is 0 Å².